The molecule has 3 rings (SSSR count). The Labute approximate surface area is 115 Å². The fourth-order valence-electron chi connectivity index (χ4n) is 3.02. The van der Waals surface area contributed by atoms with Gasteiger partial charge in [-0.1, -0.05) is 25.0 Å². The fraction of sp³-hybridized carbons (Fsp3) is 0.625. The second-order valence-corrected chi connectivity index (χ2v) is 6.33. The Balaban J connectivity index is 1.55. The van der Waals surface area contributed by atoms with Crippen LogP contribution in [-0.2, 0) is 17.8 Å². The minimum absolute atomic E-state index is 0.0608. The summed E-state index contributed by atoms with van der Waals surface area (Å²) in [4.78, 5) is 5.69. The molecule has 3 nitrogen and oxygen atoms in total. The maximum atomic E-state index is 5.88. The van der Waals surface area contributed by atoms with E-state index in [1.807, 2.05) is 0 Å². The number of rotatable bonds is 4. The van der Waals surface area contributed by atoms with E-state index >= 15 is 0 Å². The summed E-state index contributed by atoms with van der Waals surface area (Å²) in [7, 11) is 0. The van der Waals surface area contributed by atoms with E-state index in [0.717, 1.165) is 18.7 Å². The van der Waals surface area contributed by atoms with Crippen molar-refractivity contribution in [2.45, 2.75) is 64.2 Å². The number of benzene rings is 1. The molecule has 1 heterocycles. The van der Waals surface area contributed by atoms with Crippen LogP contribution in [0.5, 0.6) is 5.75 Å². The van der Waals surface area contributed by atoms with Crippen LogP contribution in [0.15, 0.2) is 18.2 Å². The minimum atomic E-state index is -0.0608. The molecule has 0 unspecified atom stereocenters. The van der Waals surface area contributed by atoms with Gasteiger partial charge in [0.1, 0.15) is 11.4 Å². The van der Waals surface area contributed by atoms with E-state index in [9.17, 15) is 0 Å². The molecule has 104 valence electrons. The predicted molar refractivity (Wildman–Crippen MR) is 75.0 cm³/mol. The van der Waals surface area contributed by atoms with E-state index in [2.05, 4.69) is 37.5 Å². The first-order valence-corrected chi connectivity index (χ1v) is 7.32. The molecular weight excluding hydrogens is 238 g/mol. The predicted octanol–water partition coefficient (Wildman–Crippen LogP) is 3.36. The first-order chi connectivity index (χ1) is 9.12. The van der Waals surface area contributed by atoms with Crippen molar-refractivity contribution >= 4 is 0 Å². The molecule has 0 amide bonds. The summed E-state index contributed by atoms with van der Waals surface area (Å²) in [5.41, 5.74) is 5.63. The molecule has 1 aliphatic carbocycles. The monoisotopic (exact) mass is 261 g/mol. The largest absolute Gasteiger partial charge is 0.487 e. The zero-order chi connectivity index (χ0) is 13.3. The van der Waals surface area contributed by atoms with Crippen LogP contribution in [0.1, 0.15) is 50.7 Å². The van der Waals surface area contributed by atoms with Crippen LogP contribution in [0.25, 0.3) is 0 Å². The van der Waals surface area contributed by atoms with Gasteiger partial charge in [0.15, 0.2) is 0 Å². The van der Waals surface area contributed by atoms with Gasteiger partial charge in [-0.3, -0.25) is 4.84 Å². The van der Waals surface area contributed by atoms with Crippen molar-refractivity contribution in [1.29, 1.82) is 0 Å². The number of fused-ring (bicyclic) bond motifs is 1. The zero-order valence-electron chi connectivity index (χ0n) is 11.9. The van der Waals surface area contributed by atoms with Gasteiger partial charge < -0.3 is 4.74 Å². The fourth-order valence-corrected chi connectivity index (χ4v) is 3.02. The first-order valence-electron chi connectivity index (χ1n) is 7.32. The molecule has 0 aromatic heterocycles. The highest BCUT2D eigenvalue weighted by Crippen LogP contribution is 2.35. The molecule has 1 saturated carbocycles. The maximum Gasteiger partial charge on any atom is 0.123 e. The van der Waals surface area contributed by atoms with Gasteiger partial charge in [-0.05, 0) is 43.9 Å². The smallest absolute Gasteiger partial charge is 0.123 e. The second-order valence-electron chi connectivity index (χ2n) is 6.33. The molecule has 1 aromatic rings. The van der Waals surface area contributed by atoms with Crippen LogP contribution >= 0.6 is 0 Å². The number of hydroxylamine groups is 1. The van der Waals surface area contributed by atoms with E-state index in [-0.39, 0.29) is 5.60 Å². The van der Waals surface area contributed by atoms with E-state index < -0.39 is 0 Å². The molecule has 1 fully saturated rings. The Hall–Kier alpha value is -1.06. The number of ether oxygens (including phenoxy) is 1. The van der Waals surface area contributed by atoms with Crippen LogP contribution in [0.4, 0.5) is 0 Å². The lowest BCUT2D eigenvalue weighted by molar-refractivity contribution is -0.0244. The average molecular weight is 261 g/mol. The molecule has 2 aliphatic rings. The zero-order valence-corrected chi connectivity index (χ0v) is 11.9. The molecule has 3 heteroatoms. The van der Waals surface area contributed by atoms with Crippen molar-refractivity contribution in [2.24, 2.45) is 0 Å². The Bertz CT molecular complexity index is 450. The van der Waals surface area contributed by atoms with E-state index in [1.165, 1.54) is 36.8 Å². The molecule has 19 heavy (non-hydrogen) atoms. The Morgan fingerprint density at radius 3 is 2.89 bits per heavy atom. The van der Waals surface area contributed by atoms with Gasteiger partial charge in [0.25, 0.3) is 0 Å². The van der Waals surface area contributed by atoms with Crippen LogP contribution in [0, 0.1) is 0 Å². The van der Waals surface area contributed by atoms with Crippen LogP contribution in [0.3, 0.4) is 0 Å². The highest BCUT2D eigenvalue weighted by molar-refractivity contribution is 5.41. The summed E-state index contributed by atoms with van der Waals surface area (Å²) in [5, 5.41) is 0. The van der Waals surface area contributed by atoms with Crippen molar-refractivity contribution in [3.05, 3.63) is 29.3 Å². The van der Waals surface area contributed by atoms with Gasteiger partial charge in [0.05, 0.1) is 6.10 Å². The summed E-state index contributed by atoms with van der Waals surface area (Å²) in [5.74, 6) is 1.03. The summed E-state index contributed by atoms with van der Waals surface area (Å²) < 4.78 is 5.88. The maximum absolute atomic E-state index is 5.88. The third-order valence-corrected chi connectivity index (χ3v) is 3.96. The standard InChI is InChI=1S/C16H23NO2/c1-16(2)10-13-9-12(7-8-15(13)18-16)11-17-19-14-5-3-4-6-14/h7-9,14,17H,3-6,10-11H2,1-2H3. The van der Waals surface area contributed by atoms with Crippen molar-refractivity contribution < 1.29 is 9.57 Å². The van der Waals surface area contributed by atoms with Gasteiger partial charge in [0.2, 0.25) is 0 Å². The quantitative estimate of drug-likeness (QED) is 0.843. The van der Waals surface area contributed by atoms with E-state index in [1.54, 1.807) is 0 Å². The van der Waals surface area contributed by atoms with Crippen molar-refractivity contribution in [2.75, 3.05) is 0 Å². The van der Waals surface area contributed by atoms with Gasteiger partial charge in [-0.15, -0.1) is 0 Å². The lowest BCUT2D eigenvalue weighted by Crippen LogP contribution is -2.24. The topological polar surface area (TPSA) is 30.5 Å². The van der Waals surface area contributed by atoms with Gasteiger partial charge >= 0.3 is 0 Å². The second kappa shape index (κ2) is 5.14. The third kappa shape index (κ3) is 3.10. The van der Waals surface area contributed by atoms with Crippen molar-refractivity contribution in [1.82, 2.24) is 5.48 Å². The molecule has 0 atom stereocenters. The van der Waals surface area contributed by atoms with Crippen LogP contribution in [-0.4, -0.2) is 11.7 Å². The lowest BCUT2D eigenvalue weighted by atomic mass is 10.0. The molecule has 0 saturated heterocycles. The van der Waals surface area contributed by atoms with Gasteiger partial charge in [-0.2, -0.15) is 5.48 Å². The first kappa shape index (κ1) is 12.9. The Morgan fingerprint density at radius 2 is 2.11 bits per heavy atom. The number of nitrogens with one attached hydrogen (secondary N) is 1. The van der Waals surface area contributed by atoms with Crippen LogP contribution < -0.4 is 10.2 Å². The van der Waals surface area contributed by atoms with Crippen molar-refractivity contribution in [3.8, 4) is 5.75 Å². The number of hydrogen-bond acceptors (Lipinski definition) is 3. The molecule has 1 aromatic carbocycles. The molecule has 0 bridgehead atoms. The molecule has 0 spiro atoms. The SMILES string of the molecule is CC1(C)Cc2cc(CNOC3CCCC3)ccc2O1. The highest BCUT2D eigenvalue weighted by atomic mass is 16.7. The molecule has 0 radical (unpaired) electrons. The Morgan fingerprint density at radius 1 is 1.32 bits per heavy atom. The molecule has 1 aliphatic heterocycles. The average Bonchev–Trinajstić information content (AvgIpc) is 2.94. The number of hydrogen-bond donors (Lipinski definition) is 1. The highest BCUT2D eigenvalue weighted by Gasteiger charge is 2.29. The summed E-state index contributed by atoms with van der Waals surface area (Å²) in [6, 6.07) is 6.43. The van der Waals surface area contributed by atoms with Gasteiger partial charge in [0, 0.05) is 13.0 Å². The normalized spacial score (nSPS) is 21.4. The molecular formula is C16H23NO2. The van der Waals surface area contributed by atoms with E-state index in [4.69, 9.17) is 9.57 Å². The summed E-state index contributed by atoms with van der Waals surface area (Å²) in [6.45, 7) is 5.03. The van der Waals surface area contributed by atoms with E-state index in [0.29, 0.717) is 6.10 Å². The Kier molecular flexibility index (Phi) is 3.50. The van der Waals surface area contributed by atoms with Crippen LogP contribution in [0.2, 0.25) is 0 Å². The third-order valence-electron chi connectivity index (χ3n) is 3.96. The summed E-state index contributed by atoms with van der Waals surface area (Å²) >= 11 is 0. The van der Waals surface area contributed by atoms with Gasteiger partial charge in [-0.25, -0.2) is 0 Å². The summed E-state index contributed by atoms with van der Waals surface area (Å²) in [6.07, 6.45) is 6.39. The van der Waals surface area contributed by atoms with Crippen molar-refractivity contribution in [3.63, 3.8) is 0 Å². The molecule has 1 N–H and O–H groups in total. The lowest BCUT2D eigenvalue weighted by Gasteiger charge is -2.16. The minimum Gasteiger partial charge on any atom is -0.487 e.